The maximum atomic E-state index is 12.3. The van der Waals surface area contributed by atoms with Gasteiger partial charge in [-0.3, -0.25) is 28.8 Å². The monoisotopic (exact) mass is 871 g/mol. The van der Waals surface area contributed by atoms with Crippen LogP contribution in [0.25, 0.3) is 0 Å². The lowest BCUT2D eigenvalue weighted by molar-refractivity contribution is -0.142. The van der Waals surface area contributed by atoms with E-state index in [1.165, 1.54) is 51.4 Å². The number of aliphatic carboxylic acids is 1. The molecule has 354 valence electrons. The molecule has 2 atom stereocenters. The summed E-state index contributed by atoms with van der Waals surface area (Å²) in [6.07, 6.45) is 20.5. The van der Waals surface area contributed by atoms with Gasteiger partial charge in [0.25, 0.3) is 0 Å². The lowest BCUT2D eigenvalue weighted by Crippen LogP contribution is -2.41. The van der Waals surface area contributed by atoms with Crippen molar-refractivity contribution in [3.8, 4) is 0 Å². The summed E-state index contributed by atoms with van der Waals surface area (Å²) < 4.78 is 21.5. The van der Waals surface area contributed by atoms with Crippen LogP contribution in [0.15, 0.2) is 0 Å². The first-order chi connectivity index (χ1) is 29.5. The van der Waals surface area contributed by atoms with Crippen molar-refractivity contribution in [1.29, 1.82) is 0 Å². The Morgan fingerprint density at radius 2 is 1.00 bits per heavy atom. The van der Waals surface area contributed by atoms with Gasteiger partial charge in [-0.05, 0) is 51.9 Å². The molecule has 0 aliphatic heterocycles. The van der Waals surface area contributed by atoms with Crippen molar-refractivity contribution < 1.29 is 57.6 Å². The van der Waals surface area contributed by atoms with Crippen molar-refractivity contribution in [3.05, 3.63) is 0 Å². The number of rotatable bonds is 46. The Labute approximate surface area is 365 Å². The summed E-state index contributed by atoms with van der Waals surface area (Å²) in [5.41, 5.74) is 5.16. The van der Waals surface area contributed by atoms with Crippen LogP contribution in [-0.2, 0) is 52.5 Å². The third-order valence-electron chi connectivity index (χ3n) is 10.3. The molecule has 0 aromatic heterocycles. The van der Waals surface area contributed by atoms with E-state index in [9.17, 15) is 38.7 Å². The van der Waals surface area contributed by atoms with Gasteiger partial charge in [-0.2, -0.15) is 0 Å². The molecule has 0 fully saturated rings. The fourth-order valence-electron chi connectivity index (χ4n) is 6.60. The number of amides is 4. The van der Waals surface area contributed by atoms with Crippen molar-refractivity contribution in [2.75, 3.05) is 65.9 Å². The third-order valence-corrected chi connectivity index (χ3v) is 10.3. The molecule has 4 amide bonds. The average molecular weight is 871 g/mol. The summed E-state index contributed by atoms with van der Waals surface area (Å²) in [6.45, 7) is 5.85. The molecule has 0 heterocycles. The maximum Gasteiger partial charge on any atom is 0.326 e. The van der Waals surface area contributed by atoms with Crippen molar-refractivity contribution in [2.45, 2.75) is 174 Å². The van der Waals surface area contributed by atoms with Gasteiger partial charge in [0.1, 0.15) is 30.8 Å². The van der Waals surface area contributed by atoms with Crippen LogP contribution in [-0.4, -0.2) is 118 Å². The first kappa shape index (κ1) is 57.5. The largest absolute Gasteiger partial charge is 0.480 e. The Hall–Kier alpha value is -3.47. The fraction of sp³-hybridized carbons (Fsp3) is 0.844. The van der Waals surface area contributed by atoms with Crippen LogP contribution in [0, 0.1) is 5.92 Å². The molecular formula is C45H82N4O12. The number of ether oxygens (including phenoxy) is 4. The minimum absolute atomic E-state index is 0.0421. The maximum absolute atomic E-state index is 12.3. The van der Waals surface area contributed by atoms with E-state index in [4.69, 9.17) is 24.7 Å². The molecule has 16 nitrogen and oxygen atoms in total. The van der Waals surface area contributed by atoms with Gasteiger partial charge in [0.15, 0.2) is 0 Å². The predicted octanol–water partition coefficient (Wildman–Crippen LogP) is 5.50. The van der Waals surface area contributed by atoms with Crippen LogP contribution < -0.4 is 21.7 Å². The molecule has 0 bridgehead atoms. The first-order valence-electron chi connectivity index (χ1n) is 23.1. The van der Waals surface area contributed by atoms with Crippen molar-refractivity contribution >= 4 is 41.2 Å². The van der Waals surface area contributed by atoms with Crippen molar-refractivity contribution in [2.24, 2.45) is 11.7 Å². The highest BCUT2D eigenvalue weighted by Gasteiger charge is 2.21. The lowest BCUT2D eigenvalue weighted by Gasteiger charge is -2.14. The smallest absolute Gasteiger partial charge is 0.326 e. The predicted molar refractivity (Wildman–Crippen MR) is 234 cm³/mol. The van der Waals surface area contributed by atoms with E-state index >= 15 is 0 Å². The number of nitrogens with two attached hydrogens (primary N) is 1. The molecule has 61 heavy (non-hydrogen) atoms. The van der Waals surface area contributed by atoms with Crippen LogP contribution in [0.3, 0.4) is 0 Å². The first-order valence-corrected chi connectivity index (χ1v) is 23.1. The number of carbonyl (C=O) groups is 7. The summed E-state index contributed by atoms with van der Waals surface area (Å²) >= 11 is 0. The zero-order valence-electron chi connectivity index (χ0n) is 37.7. The van der Waals surface area contributed by atoms with E-state index in [-0.39, 0.29) is 113 Å². The second kappa shape index (κ2) is 41.9. The van der Waals surface area contributed by atoms with Gasteiger partial charge in [-0.25, -0.2) is 4.79 Å². The third kappa shape index (κ3) is 40.4. The molecular weight excluding hydrogens is 789 g/mol. The number of carboxylic acid groups (broad SMARTS) is 1. The quantitative estimate of drug-likeness (QED) is 0.0477. The van der Waals surface area contributed by atoms with E-state index in [0.717, 1.165) is 57.8 Å². The van der Waals surface area contributed by atoms with Gasteiger partial charge in [0.05, 0.1) is 33.0 Å². The SMILES string of the molecule is CCC(CCCCNC(=O)COCCOCCNC(=O)COCCOCCCC(=O)CCC(NC(=O)CCCCCCCCCCCCCCCCC(N)=O)C(=O)O)C(C)=O. The Morgan fingerprint density at radius 1 is 0.508 bits per heavy atom. The molecule has 0 aliphatic rings. The van der Waals surface area contributed by atoms with E-state index < -0.39 is 12.0 Å². The summed E-state index contributed by atoms with van der Waals surface area (Å²) in [5.74, 6) is -1.94. The van der Waals surface area contributed by atoms with Gasteiger partial charge in [0.2, 0.25) is 23.6 Å². The standard InChI is InChI=1S/C45H82N4O12/c1-3-38(37(2)50)21-18-19-27-47-43(54)35-61-34-32-59-30-28-48-44(55)36-60-33-31-58-29-20-22-39(51)25-26-40(45(56)57)49-42(53)24-17-15-13-11-9-7-5-4-6-8-10-12-14-16-23-41(46)52/h38,40H,3-36H2,1-2H3,(H2,46,52)(H,47,54)(H,48,55)(H,49,53)(H,56,57). The molecule has 0 spiro atoms. The Balaban J connectivity index is 3.65. The zero-order valence-corrected chi connectivity index (χ0v) is 37.7. The zero-order chi connectivity index (χ0) is 45.2. The summed E-state index contributed by atoms with van der Waals surface area (Å²) in [5, 5.41) is 17.6. The normalized spacial score (nSPS) is 12.1. The average Bonchev–Trinajstić information content (AvgIpc) is 3.22. The molecule has 0 aromatic carbocycles. The van der Waals surface area contributed by atoms with Crippen molar-refractivity contribution in [3.63, 3.8) is 0 Å². The van der Waals surface area contributed by atoms with Crippen LogP contribution in [0.2, 0.25) is 0 Å². The minimum Gasteiger partial charge on any atom is -0.480 e. The highest BCUT2D eigenvalue weighted by Crippen LogP contribution is 2.15. The fourth-order valence-corrected chi connectivity index (χ4v) is 6.60. The molecule has 0 saturated carbocycles. The van der Waals surface area contributed by atoms with Crippen LogP contribution in [0.5, 0.6) is 0 Å². The van der Waals surface area contributed by atoms with E-state index in [1.54, 1.807) is 6.92 Å². The topological polar surface area (TPSA) is 239 Å². The molecule has 0 rings (SSSR count). The summed E-state index contributed by atoms with van der Waals surface area (Å²) in [7, 11) is 0. The number of carboxylic acids is 1. The number of Topliss-reactive ketones (excluding diaryl/α,β-unsaturated/α-hetero) is 2. The van der Waals surface area contributed by atoms with Crippen LogP contribution in [0.1, 0.15) is 168 Å². The Morgan fingerprint density at radius 3 is 1.51 bits per heavy atom. The molecule has 6 N–H and O–H groups in total. The minimum atomic E-state index is -1.15. The number of nitrogens with one attached hydrogen (secondary N) is 3. The highest BCUT2D eigenvalue weighted by molar-refractivity contribution is 5.84. The van der Waals surface area contributed by atoms with Crippen molar-refractivity contribution in [1.82, 2.24) is 16.0 Å². The molecule has 0 radical (unpaired) electrons. The second-order valence-corrected chi connectivity index (χ2v) is 15.8. The highest BCUT2D eigenvalue weighted by atomic mass is 16.5. The summed E-state index contributed by atoms with van der Waals surface area (Å²) in [4.78, 5) is 82.3. The molecule has 0 saturated heterocycles. The Kier molecular flexibility index (Phi) is 39.5. The number of primary amides is 1. The van der Waals surface area contributed by atoms with Crippen LogP contribution in [0.4, 0.5) is 0 Å². The van der Waals surface area contributed by atoms with E-state index in [1.807, 2.05) is 6.92 Å². The number of carbonyl (C=O) groups excluding carboxylic acids is 6. The van der Waals surface area contributed by atoms with Crippen LogP contribution >= 0.6 is 0 Å². The van der Waals surface area contributed by atoms with E-state index in [0.29, 0.717) is 39.0 Å². The van der Waals surface area contributed by atoms with Gasteiger partial charge >= 0.3 is 5.97 Å². The van der Waals surface area contributed by atoms with Gasteiger partial charge in [0, 0.05) is 51.3 Å². The van der Waals surface area contributed by atoms with Gasteiger partial charge < -0.3 is 45.7 Å². The van der Waals surface area contributed by atoms with Gasteiger partial charge in [-0.15, -0.1) is 0 Å². The number of unbranched alkanes of at least 4 members (excludes halogenated alkanes) is 14. The summed E-state index contributed by atoms with van der Waals surface area (Å²) in [6, 6.07) is -1.09. The number of hydrogen-bond donors (Lipinski definition) is 5. The lowest BCUT2D eigenvalue weighted by atomic mass is 9.95. The molecule has 2 unspecified atom stereocenters. The van der Waals surface area contributed by atoms with E-state index in [2.05, 4.69) is 16.0 Å². The number of hydrogen-bond acceptors (Lipinski definition) is 11. The Bertz CT molecular complexity index is 1190. The molecule has 0 aliphatic carbocycles. The van der Waals surface area contributed by atoms with Gasteiger partial charge in [-0.1, -0.05) is 90.4 Å². The molecule has 16 heteroatoms. The molecule has 0 aromatic rings. The second-order valence-electron chi connectivity index (χ2n) is 15.8. The number of ketones is 2.